The van der Waals surface area contributed by atoms with E-state index in [0.717, 1.165) is 31.8 Å². The summed E-state index contributed by atoms with van der Waals surface area (Å²) >= 11 is 0. The van der Waals surface area contributed by atoms with Gasteiger partial charge in [-0.15, -0.1) is 0 Å². The molecular weight excluding hydrogens is 583 g/mol. The van der Waals surface area contributed by atoms with Gasteiger partial charge < -0.3 is 34.1 Å². The quantitative estimate of drug-likeness (QED) is 0.487. The molecule has 5 atom stereocenters. The SMILES string of the molecule is CO[C@@H]1COCC[C@@H]1N[C@@H]1C[C@H]2CN(C(=O)OCCN3CCOCC3)C[C@@]2(C(=O)N2CCc3ncc(C(F)(F)F)cc3C2)C1. The second-order valence-corrected chi connectivity index (χ2v) is 12.7. The number of morpholine rings is 1. The van der Waals surface area contributed by atoms with Crippen molar-refractivity contribution in [1.82, 2.24) is 25.0 Å². The number of nitrogens with one attached hydrogen (secondary N) is 1. The summed E-state index contributed by atoms with van der Waals surface area (Å²) in [5.41, 5.74) is -0.671. The summed E-state index contributed by atoms with van der Waals surface area (Å²) in [5.74, 6) is -0.227. The number of halogens is 3. The Balaban J connectivity index is 1.17. The minimum atomic E-state index is -4.51. The third-order valence-corrected chi connectivity index (χ3v) is 10.0. The van der Waals surface area contributed by atoms with Crippen LogP contribution in [0.2, 0.25) is 0 Å². The topological polar surface area (TPSA) is 106 Å². The molecule has 1 aromatic rings. The fraction of sp³-hybridized carbons (Fsp3) is 0.767. The summed E-state index contributed by atoms with van der Waals surface area (Å²) in [6.45, 7) is 5.96. The van der Waals surface area contributed by atoms with E-state index in [9.17, 15) is 22.8 Å². The third-order valence-electron chi connectivity index (χ3n) is 10.0. The number of pyridine rings is 1. The summed E-state index contributed by atoms with van der Waals surface area (Å²) in [7, 11) is 1.66. The van der Waals surface area contributed by atoms with E-state index in [4.69, 9.17) is 18.9 Å². The third kappa shape index (κ3) is 6.55. The summed E-state index contributed by atoms with van der Waals surface area (Å²) in [4.78, 5) is 37.2. The van der Waals surface area contributed by atoms with E-state index in [2.05, 4.69) is 15.2 Å². The van der Waals surface area contributed by atoms with Crippen LogP contribution in [-0.2, 0) is 42.9 Å². The molecule has 0 radical (unpaired) electrons. The first-order chi connectivity index (χ1) is 21.2. The van der Waals surface area contributed by atoms with Gasteiger partial charge in [0.15, 0.2) is 0 Å². The van der Waals surface area contributed by atoms with Gasteiger partial charge in [-0.05, 0) is 36.8 Å². The molecule has 1 aliphatic carbocycles. The van der Waals surface area contributed by atoms with Crippen molar-refractivity contribution in [3.05, 3.63) is 29.1 Å². The Bertz CT molecular complexity index is 1200. The largest absolute Gasteiger partial charge is 0.448 e. The van der Waals surface area contributed by atoms with E-state index in [1.54, 1.807) is 16.9 Å². The molecule has 0 unspecified atom stereocenters. The first-order valence-corrected chi connectivity index (χ1v) is 15.6. The van der Waals surface area contributed by atoms with Gasteiger partial charge in [0.2, 0.25) is 5.91 Å². The van der Waals surface area contributed by atoms with E-state index in [1.165, 1.54) is 0 Å². The Labute approximate surface area is 255 Å². The molecule has 14 heteroatoms. The molecule has 5 heterocycles. The maximum absolute atomic E-state index is 14.5. The van der Waals surface area contributed by atoms with Crippen LogP contribution in [0.3, 0.4) is 0 Å². The number of aromatic nitrogens is 1. The van der Waals surface area contributed by atoms with Crippen LogP contribution < -0.4 is 5.32 Å². The Morgan fingerprint density at radius 2 is 1.98 bits per heavy atom. The number of alkyl halides is 3. The second-order valence-electron chi connectivity index (χ2n) is 12.7. The Hall–Kier alpha value is -2.52. The number of hydrogen-bond acceptors (Lipinski definition) is 9. The predicted octanol–water partition coefficient (Wildman–Crippen LogP) is 1.93. The highest BCUT2D eigenvalue weighted by atomic mass is 19.4. The lowest BCUT2D eigenvalue weighted by atomic mass is 9.78. The first-order valence-electron chi connectivity index (χ1n) is 15.6. The van der Waals surface area contributed by atoms with Gasteiger partial charge in [-0.25, -0.2) is 4.79 Å². The van der Waals surface area contributed by atoms with Crippen molar-refractivity contribution < 1.29 is 41.7 Å². The van der Waals surface area contributed by atoms with Gasteiger partial charge in [-0.1, -0.05) is 0 Å². The number of nitrogens with zero attached hydrogens (tertiary/aromatic N) is 4. The average Bonchev–Trinajstić information content (AvgIpc) is 3.55. The van der Waals surface area contributed by atoms with Gasteiger partial charge in [-0.2, -0.15) is 13.2 Å². The fourth-order valence-electron chi connectivity index (χ4n) is 7.65. The van der Waals surface area contributed by atoms with E-state index in [-0.39, 0.29) is 49.7 Å². The number of rotatable bonds is 7. The van der Waals surface area contributed by atoms with Crippen LogP contribution in [0.1, 0.15) is 36.1 Å². The molecule has 4 aliphatic heterocycles. The number of hydrogen-bond donors (Lipinski definition) is 1. The number of carbonyl (C=O) groups is 2. The van der Waals surface area contributed by atoms with Crippen LogP contribution in [0.5, 0.6) is 0 Å². The standard InChI is InChI=1S/C30H42F3N5O6/c1-41-26-18-43-8-3-25(26)35-23-13-22-17-38(28(40)44-11-7-36-5-9-42-10-6-36)19-29(22,14-23)27(39)37-4-2-24-20(16-37)12-21(15-34-24)30(31,32)33/h12,15,22-23,25-26,35H,2-11,13-14,16-19H2,1H3/t22-,23+,25-,26+,29-/m0/s1. The smallest absolute Gasteiger partial charge is 0.417 e. The number of amides is 2. The molecule has 0 bridgehead atoms. The van der Waals surface area contributed by atoms with Crippen molar-refractivity contribution in [2.75, 3.05) is 79.4 Å². The molecule has 2 amide bonds. The van der Waals surface area contributed by atoms with Crippen LogP contribution in [0, 0.1) is 11.3 Å². The lowest BCUT2D eigenvalue weighted by molar-refractivity contribution is -0.143. The lowest BCUT2D eigenvalue weighted by Gasteiger charge is -2.37. The zero-order valence-corrected chi connectivity index (χ0v) is 25.2. The lowest BCUT2D eigenvalue weighted by Crippen LogP contribution is -2.52. The highest BCUT2D eigenvalue weighted by Crippen LogP contribution is 2.51. The fourth-order valence-corrected chi connectivity index (χ4v) is 7.65. The summed E-state index contributed by atoms with van der Waals surface area (Å²) in [6.07, 6.45) is -1.79. The van der Waals surface area contributed by atoms with Crippen molar-refractivity contribution in [2.24, 2.45) is 11.3 Å². The summed E-state index contributed by atoms with van der Waals surface area (Å²) in [5, 5.41) is 3.72. The molecule has 1 aromatic heterocycles. The van der Waals surface area contributed by atoms with E-state index in [0.29, 0.717) is 76.6 Å². The molecule has 44 heavy (non-hydrogen) atoms. The van der Waals surface area contributed by atoms with Gasteiger partial charge >= 0.3 is 12.3 Å². The van der Waals surface area contributed by atoms with Gasteiger partial charge in [0.25, 0.3) is 0 Å². The summed E-state index contributed by atoms with van der Waals surface area (Å²) < 4.78 is 62.6. The Morgan fingerprint density at radius 1 is 1.16 bits per heavy atom. The van der Waals surface area contributed by atoms with Crippen molar-refractivity contribution in [1.29, 1.82) is 0 Å². The van der Waals surface area contributed by atoms with Gasteiger partial charge in [0, 0.05) is 89.9 Å². The minimum absolute atomic E-state index is 0.0276. The number of ether oxygens (including phenoxy) is 4. The molecule has 1 N–H and O–H groups in total. The molecule has 244 valence electrons. The highest BCUT2D eigenvalue weighted by molar-refractivity contribution is 5.86. The first kappa shape index (κ1) is 31.5. The zero-order valence-electron chi connectivity index (χ0n) is 25.2. The Morgan fingerprint density at radius 3 is 2.75 bits per heavy atom. The molecule has 1 saturated carbocycles. The normalized spacial score (nSPS) is 31.1. The summed E-state index contributed by atoms with van der Waals surface area (Å²) in [6, 6.07) is 1.22. The number of likely N-dealkylation sites (tertiary alicyclic amines) is 1. The molecule has 5 aliphatic rings. The second kappa shape index (κ2) is 13.1. The van der Waals surface area contributed by atoms with Gasteiger partial charge in [-0.3, -0.25) is 14.7 Å². The molecule has 11 nitrogen and oxygen atoms in total. The molecule has 4 fully saturated rings. The molecule has 6 rings (SSSR count). The van der Waals surface area contributed by atoms with Gasteiger partial charge in [0.1, 0.15) is 6.61 Å². The minimum Gasteiger partial charge on any atom is -0.448 e. The average molecular weight is 626 g/mol. The molecule has 3 saturated heterocycles. The van der Waals surface area contributed by atoms with E-state index >= 15 is 0 Å². The number of fused-ring (bicyclic) bond motifs is 2. The van der Waals surface area contributed by atoms with Crippen molar-refractivity contribution >= 4 is 12.0 Å². The zero-order chi connectivity index (χ0) is 30.9. The van der Waals surface area contributed by atoms with E-state index < -0.39 is 23.2 Å². The number of methoxy groups -OCH3 is 1. The maximum atomic E-state index is 14.5. The predicted molar refractivity (Wildman–Crippen MR) is 151 cm³/mol. The monoisotopic (exact) mass is 625 g/mol. The number of carbonyl (C=O) groups excluding carboxylic acids is 2. The van der Waals surface area contributed by atoms with Gasteiger partial charge in [0.05, 0.1) is 36.9 Å². The van der Waals surface area contributed by atoms with Crippen LogP contribution in [-0.4, -0.2) is 129 Å². The molecular formula is C30H42F3N5O6. The molecule has 0 aromatic carbocycles. The van der Waals surface area contributed by atoms with Crippen molar-refractivity contribution in [3.8, 4) is 0 Å². The van der Waals surface area contributed by atoms with Crippen molar-refractivity contribution in [2.45, 2.75) is 56.6 Å². The van der Waals surface area contributed by atoms with Crippen LogP contribution >= 0.6 is 0 Å². The van der Waals surface area contributed by atoms with Crippen LogP contribution in [0.25, 0.3) is 0 Å². The van der Waals surface area contributed by atoms with E-state index in [1.807, 2.05) is 0 Å². The Kier molecular flexibility index (Phi) is 9.35. The van der Waals surface area contributed by atoms with Crippen molar-refractivity contribution in [3.63, 3.8) is 0 Å². The highest BCUT2D eigenvalue weighted by Gasteiger charge is 2.60. The van der Waals surface area contributed by atoms with Crippen LogP contribution in [0.4, 0.5) is 18.0 Å². The van der Waals surface area contributed by atoms with Crippen LogP contribution in [0.15, 0.2) is 12.3 Å². The molecule has 0 spiro atoms. The maximum Gasteiger partial charge on any atom is 0.417 e.